The number of carbonyl (C=O) groups excluding carboxylic acids is 8. The van der Waals surface area contributed by atoms with E-state index in [1.807, 2.05) is 47.4 Å². The van der Waals surface area contributed by atoms with E-state index in [9.17, 15) is 73.2 Å². The Morgan fingerprint density at radius 1 is 0.628 bits per heavy atom. The molecule has 6 rings (SSSR count). The Morgan fingerprint density at radius 2 is 1.19 bits per heavy atom. The zero-order chi connectivity index (χ0) is 68.2. The lowest BCUT2D eigenvalue weighted by Gasteiger charge is -2.42. The summed E-state index contributed by atoms with van der Waals surface area (Å²) in [5.41, 5.74) is 11.0. The number of nitrogens with zero attached hydrogens (tertiary/aromatic N) is 6. The zero-order valence-electron chi connectivity index (χ0n) is 52.8. The fourth-order valence-corrected chi connectivity index (χ4v) is 11.0. The van der Waals surface area contributed by atoms with Crippen LogP contribution in [-0.2, 0) is 60.8 Å². The van der Waals surface area contributed by atoms with Gasteiger partial charge in [-0.2, -0.15) is 0 Å². The molecule has 0 aliphatic carbocycles. The second-order valence-corrected chi connectivity index (χ2v) is 23.4. The summed E-state index contributed by atoms with van der Waals surface area (Å²) < 4.78 is 0. The van der Waals surface area contributed by atoms with Gasteiger partial charge in [0, 0.05) is 103 Å². The van der Waals surface area contributed by atoms with Gasteiger partial charge in [-0.25, -0.2) is 0 Å². The van der Waals surface area contributed by atoms with Crippen LogP contribution in [-0.4, -0.2) is 252 Å². The monoisotopic (exact) mass is 1310 g/mol. The van der Waals surface area contributed by atoms with Gasteiger partial charge in [-0.3, -0.25) is 82.2 Å². The van der Waals surface area contributed by atoms with Gasteiger partial charge >= 0.3 is 17.9 Å². The predicted molar refractivity (Wildman–Crippen MR) is 347 cm³/mol. The third-order valence-electron chi connectivity index (χ3n) is 16.1. The molecule has 30 heteroatoms. The second-order valence-electron chi connectivity index (χ2n) is 23.4. The molecule has 94 heavy (non-hydrogen) atoms. The average Bonchev–Trinajstić information content (AvgIpc) is 0.810. The van der Waals surface area contributed by atoms with E-state index < -0.39 is 77.8 Å². The smallest absolute Gasteiger partial charge is 0.317 e. The molecule has 7 amide bonds. The lowest BCUT2D eigenvalue weighted by atomic mass is 9.95. The van der Waals surface area contributed by atoms with Crippen LogP contribution < -0.4 is 48.7 Å². The molecule has 0 spiro atoms. The van der Waals surface area contributed by atoms with Crippen LogP contribution in [0.5, 0.6) is 5.75 Å². The molecule has 4 aromatic carbocycles. The number of benzene rings is 4. The highest BCUT2D eigenvalue weighted by Crippen LogP contribution is 2.24. The quantitative estimate of drug-likeness (QED) is 0.0136. The summed E-state index contributed by atoms with van der Waals surface area (Å²) in [5, 5.41) is 59.9. The number of likely N-dealkylation sites (N-methyl/N-ethyl adjacent to an activating group) is 1. The summed E-state index contributed by atoms with van der Waals surface area (Å²) in [7, 11) is 1.45. The molecule has 0 saturated carbocycles. The number of fused-ring (bicyclic) bond motifs is 1. The normalized spacial score (nSPS) is 19.7. The largest absolute Gasteiger partial charge is 0.508 e. The first-order valence-corrected chi connectivity index (χ1v) is 31.2. The van der Waals surface area contributed by atoms with Crippen LogP contribution in [0.25, 0.3) is 10.8 Å². The Kier molecular flexibility index (Phi) is 29.0. The SMILES string of the molecule is CN1C(CCCNC(=O)c2ccc(NC(=O)CCCCNC(=O)CN3CCN(CC(=O)O)CCN(CC(=O)O)CCN(CC(=O)O)CC3)cc2)C(=O)NC(CCCN=C(N)N)C(=O)NC(Cc2ccc3ccccc3c2)C(=O)NCC(=O)NC1(C=O)Cc1ccc(O)cc1. The molecule has 508 valence electrons. The van der Waals surface area contributed by atoms with Crippen LogP contribution in [0.1, 0.15) is 66.4 Å². The number of hydrogen-bond acceptors (Lipinski definition) is 18. The number of carbonyl (C=O) groups is 11. The third kappa shape index (κ3) is 24.8. The van der Waals surface area contributed by atoms with Gasteiger partial charge in [0.15, 0.2) is 17.9 Å². The number of carboxylic acid groups (broad SMARTS) is 3. The molecule has 0 radical (unpaired) electrons. The lowest BCUT2D eigenvalue weighted by Crippen LogP contribution is -2.68. The van der Waals surface area contributed by atoms with E-state index in [-0.39, 0.29) is 172 Å². The Labute approximate surface area is 544 Å². The Bertz CT molecular complexity index is 3270. The minimum atomic E-state index is -1.97. The van der Waals surface area contributed by atoms with Crippen molar-refractivity contribution in [2.45, 2.75) is 81.6 Å². The highest BCUT2D eigenvalue weighted by molar-refractivity contribution is 5.97. The summed E-state index contributed by atoms with van der Waals surface area (Å²) in [4.78, 5) is 158. The van der Waals surface area contributed by atoms with E-state index in [0.717, 1.165) is 10.8 Å². The first kappa shape index (κ1) is 73.4. The Balaban J connectivity index is 1.05. The summed E-state index contributed by atoms with van der Waals surface area (Å²) >= 11 is 0. The number of aliphatic carboxylic acids is 3. The molecule has 2 saturated heterocycles. The van der Waals surface area contributed by atoms with Crippen LogP contribution in [0, 0.1) is 0 Å². The van der Waals surface area contributed by atoms with Crippen LogP contribution in [0.3, 0.4) is 0 Å². The van der Waals surface area contributed by atoms with Crippen molar-refractivity contribution in [2.75, 3.05) is 117 Å². The van der Waals surface area contributed by atoms with Crippen molar-refractivity contribution in [3.8, 4) is 5.75 Å². The number of phenolic OH excluding ortho intramolecular Hbond substituents is 1. The van der Waals surface area contributed by atoms with E-state index in [2.05, 4.69) is 42.2 Å². The number of unbranched alkanes of at least 4 members (excludes halogenated alkanes) is 1. The number of nitrogens with two attached hydrogens (primary N) is 2. The van der Waals surface area contributed by atoms with Gasteiger partial charge < -0.3 is 69.1 Å². The highest BCUT2D eigenvalue weighted by Gasteiger charge is 2.43. The van der Waals surface area contributed by atoms with Crippen molar-refractivity contribution in [1.82, 2.24) is 56.4 Å². The van der Waals surface area contributed by atoms with Crippen molar-refractivity contribution in [3.63, 3.8) is 0 Å². The van der Waals surface area contributed by atoms with Crippen molar-refractivity contribution in [3.05, 3.63) is 108 Å². The third-order valence-corrected chi connectivity index (χ3v) is 16.1. The van der Waals surface area contributed by atoms with Crippen LogP contribution in [0.15, 0.2) is 96.0 Å². The minimum absolute atomic E-state index is 0.00162. The summed E-state index contributed by atoms with van der Waals surface area (Å²) in [5.74, 6) is -7.51. The van der Waals surface area contributed by atoms with Gasteiger partial charge in [-0.1, -0.05) is 54.6 Å². The first-order valence-electron chi connectivity index (χ1n) is 31.2. The number of aliphatic imine (C=N–C) groups is 1. The topological polar surface area (TPSA) is 433 Å². The standard InChI is InChI=1S/C64H87N15O15/c1-75-52(62(94)72-50(10-6-25-69-63(65)66)61(93)73-51(35-44-13-16-45-8-2-3-9-47(45)34-44)60(92)70-37-54(83)74-64(75,42-80)36-43-14-21-49(81)22-15-43)11-7-24-68-59(91)46-17-19-48(20-18-46)71-53(82)12-4-5-23-67-55(84)38-76-26-28-77(39-56(85)86)30-32-79(41-58(89)90)33-31-78(29-27-76)40-57(87)88/h2-3,8-9,13-22,34,42,50-52,81H,4-7,10-12,23-33,35-41H2,1H3,(H,67,84)(H,68,91)(H,70,92)(H,71,82)(H,72,94)(H,73,93)(H,74,83)(H,85,86)(H,87,88)(H,89,90)(H4,65,66,69). The maximum Gasteiger partial charge on any atom is 0.317 e. The summed E-state index contributed by atoms with van der Waals surface area (Å²) in [6, 6.07) is 21.4. The summed E-state index contributed by atoms with van der Waals surface area (Å²) in [6.45, 7) is 0.848. The number of hydrogen-bond donors (Lipinski definition) is 13. The van der Waals surface area contributed by atoms with E-state index in [4.69, 9.17) is 11.5 Å². The Hall–Kier alpha value is -9.62. The van der Waals surface area contributed by atoms with Gasteiger partial charge in [-0.15, -0.1) is 0 Å². The van der Waals surface area contributed by atoms with E-state index in [1.54, 1.807) is 39.0 Å². The minimum Gasteiger partial charge on any atom is -0.508 e. The number of phenols is 1. The lowest BCUT2D eigenvalue weighted by molar-refractivity contribution is -0.141. The fourth-order valence-electron chi connectivity index (χ4n) is 11.0. The molecule has 2 aliphatic rings. The van der Waals surface area contributed by atoms with Gasteiger partial charge in [0.2, 0.25) is 35.4 Å². The van der Waals surface area contributed by atoms with Gasteiger partial charge in [0.1, 0.15) is 17.8 Å². The highest BCUT2D eigenvalue weighted by atomic mass is 16.4. The van der Waals surface area contributed by atoms with Crippen molar-refractivity contribution in [2.24, 2.45) is 16.5 Å². The molecule has 4 atom stereocenters. The maximum atomic E-state index is 14.9. The molecular weight excluding hydrogens is 1220 g/mol. The number of nitrogens with one attached hydrogen (secondary N) is 7. The van der Waals surface area contributed by atoms with Crippen molar-refractivity contribution in [1.29, 1.82) is 0 Å². The average molecular weight is 1310 g/mol. The molecule has 0 aromatic heterocycles. The number of carboxylic acids is 3. The van der Waals surface area contributed by atoms with Crippen LogP contribution in [0.4, 0.5) is 5.69 Å². The molecule has 30 nitrogen and oxygen atoms in total. The number of aromatic hydroxyl groups is 1. The maximum absolute atomic E-state index is 14.9. The molecule has 2 fully saturated rings. The summed E-state index contributed by atoms with van der Waals surface area (Å²) in [6.07, 6.45) is 1.52. The van der Waals surface area contributed by atoms with Crippen molar-refractivity contribution >= 4 is 88.0 Å². The molecule has 0 bridgehead atoms. The molecule has 4 aromatic rings. The van der Waals surface area contributed by atoms with E-state index in [0.29, 0.717) is 35.9 Å². The van der Waals surface area contributed by atoms with Gasteiger partial charge in [0.25, 0.3) is 5.91 Å². The number of aldehydes is 1. The molecule has 2 heterocycles. The van der Waals surface area contributed by atoms with Crippen LogP contribution in [0.2, 0.25) is 0 Å². The van der Waals surface area contributed by atoms with Crippen LogP contribution >= 0.6 is 0 Å². The van der Waals surface area contributed by atoms with E-state index in [1.165, 1.54) is 36.2 Å². The Morgan fingerprint density at radius 3 is 1.78 bits per heavy atom. The van der Waals surface area contributed by atoms with Gasteiger partial charge in [0.05, 0.1) is 38.8 Å². The molecular formula is C64H87N15O15. The zero-order valence-corrected chi connectivity index (χ0v) is 52.8. The van der Waals surface area contributed by atoms with E-state index >= 15 is 0 Å². The molecule has 4 unspecified atom stereocenters. The van der Waals surface area contributed by atoms with Crippen molar-refractivity contribution < 1.29 is 73.2 Å². The van der Waals surface area contributed by atoms with Gasteiger partial charge in [-0.05, 0) is 104 Å². The second kappa shape index (κ2) is 37.2. The predicted octanol–water partition coefficient (Wildman–Crippen LogP) is -1.29. The molecule has 15 N–H and O–H groups in total. The first-order chi connectivity index (χ1) is 45.0. The number of anilines is 1. The number of guanidine groups is 1. The fraction of sp³-hybridized carbons (Fsp3) is 0.469. The number of amides is 7. The number of rotatable bonds is 28. The molecule has 2 aliphatic heterocycles.